The molecule has 0 spiro atoms. The molecule has 0 saturated heterocycles. The molecule has 1 fully saturated rings. The fourth-order valence-electron chi connectivity index (χ4n) is 2.24. The lowest BCUT2D eigenvalue weighted by molar-refractivity contribution is 0.0923. The first-order chi connectivity index (χ1) is 8.59. The van der Waals surface area contributed by atoms with Crippen molar-refractivity contribution in [3.8, 4) is 0 Å². The Morgan fingerprint density at radius 1 is 1.33 bits per heavy atom. The topological polar surface area (TPSA) is 29.1 Å². The van der Waals surface area contributed by atoms with E-state index in [1.54, 1.807) is 0 Å². The van der Waals surface area contributed by atoms with E-state index in [4.69, 9.17) is 11.6 Å². The first-order valence-corrected chi connectivity index (χ1v) is 7.21. The second-order valence-corrected chi connectivity index (χ2v) is 5.76. The Kier molecular flexibility index (Phi) is 4.62. The molecule has 0 bridgehead atoms. The van der Waals surface area contributed by atoms with Gasteiger partial charge in [-0.15, -0.1) is 0 Å². The maximum absolute atomic E-state index is 13.7. The van der Waals surface area contributed by atoms with Crippen LogP contribution in [0.25, 0.3) is 0 Å². The highest BCUT2D eigenvalue weighted by Gasteiger charge is 2.22. The molecule has 1 N–H and O–H groups in total. The maximum atomic E-state index is 13.7. The van der Waals surface area contributed by atoms with Crippen LogP contribution in [0.5, 0.6) is 0 Å². The van der Waals surface area contributed by atoms with E-state index in [9.17, 15) is 9.18 Å². The van der Waals surface area contributed by atoms with Crippen LogP contribution in [0, 0.1) is 5.82 Å². The molecule has 0 heterocycles. The molecule has 18 heavy (non-hydrogen) atoms. The molecular weight excluding hydrogens is 321 g/mol. The highest BCUT2D eigenvalue weighted by atomic mass is 79.9. The summed E-state index contributed by atoms with van der Waals surface area (Å²) >= 11 is 9.16. The molecule has 0 aliphatic heterocycles. The van der Waals surface area contributed by atoms with Crippen molar-refractivity contribution in [1.82, 2.24) is 5.32 Å². The van der Waals surface area contributed by atoms with Gasteiger partial charge in [0, 0.05) is 10.5 Å². The van der Waals surface area contributed by atoms with Crippen LogP contribution in [-0.2, 0) is 0 Å². The molecule has 0 atom stereocenters. The second kappa shape index (κ2) is 6.02. The smallest absolute Gasteiger partial charge is 0.256 e. The van der Waals surface area contributed by atoms with Crippen molar-refractivity contribution in [2.45, 2.75) is 38.1 Å². The summed E-state index contributed by atoms with van der Waals surface area (Å²) < 4.78 is 14.2. The van der Waals surface area contributed by atoms with Crippen LogP contribution in [0.15, 0.2) is 16.6 Å². The Balaban J connectivity index is 2.15. The third-order valence-corrected chi connectivity index (χ3v) is 4.49. The highest BCUT2D eigenvalue weighted by molar-refractivity contribution is 9.10. The molecule has 1 aliphatic rings. The first kappa shape index (κ1) is 13.8. The number of benzene rings is 1. The minimum Gasteiger partial charge on any atom is -0.349 e. The lowest BCUT2D eigenvalue weighted by Crippen LogP contribution is -2.36. The summed E-state index contributed by atoms with van der Waals surface area (Å²) in [6.45, 7) is 0. The Bertz CT molecular complexity index is 461. The highest BCUT2D eigenvalue weighted by Crippen LogP contribution is 2.28. The summed E-state index contributed by atoms with van der Waals surface area (Å²) in [7, 11) is 0. The largest absolute Gasteiger partial charge is 0.349 e. The lowest BCUT2D eigenvalue weighted by Gasteiger charge is -2.23. The SMILES string of the molecule is O=C(NC1CCCCC1)c1c(F)ccc(Br)c1Cl. The lowest BCUT2D eigenvalue weighted by atomic mass is 9.95. The quantitative estimate of drug-likeness (QED) is 0.803. The molecule has 1 aromatic rings. The van der Waals surface area contributed by atoms with E-state index >= 15 is 0 Å². The average molecular weight is 335 g/mol. The summed E-state index contributed by atoms with van der Waals surface area (Å²) in [5, 5.41) is 2.99. The molecule has 1 saturated carbocycles. The maximum Gasteiger partial charge on any atom is 0.256 e. The number of halogens is 3. The van der Waals surface area contributed by atoms with Gasteiger partial charge in [-0.3, -0.25) is 4.79 Å². The molecule has 98 valence electrons. The van der Waals surface area contributed by atoms with Crippen LogP contribution in [0.3, 0.4) is 0 Å². The van der Waals surface area contributed by atoms with E-state index in [0.717, 1.165) is 25.7 Å². The van der Waals surface area contributed by atoms with E-state index in [2.05, 4.69) is 21.2 Å². The Labute approximate surface area is 119 Å². The predicted molar refractivity (Wildman–Crippen MR) is 73.4 cm³/mol. The van der Waals surface area contributed by atoms with Gasteiger partial charge in [-0.1, -0.05) is 30.9 Å². The van der Waals surface area contributed by atoms with E-state index in [1.165, 1.54) is 18.6 Å². The van der Waals surface area contributed by atoms with Crippen LogP contribution in [0.4, 0.5) is 4.39 Å². The number of carbonyl (C=O) groups excluding carboxylic acids is 1. The molecular formula is C13H14BrClFNO. The molecule has 5 heteroatoms. The number of nitrogens with one attached hydrogen (secondary N) is 1. The van der Waals surface area contributed by atoms with Gasteiger partial charge in [-0.2, -0.15) is 0 Å². The van der Waals surface area contributed by atoms with Crippen molar-refractivity contribution in [2.75, 3.05) is 0 Å². The zero-order valence-corrected chi connectivity index (χ0v) is 12.2. The predicted octanol–water partition coefficient (Wildman–Crippen LogP) is 4.30. The van der Waals surface area contributed by atoms with Gasteiger partial charge in [0.05, 0.1) is 10.6 Å². The Morgan fingerprint density at radius 2 is 2.00 bits per heavy atom. The van der Waals surface area contributed by atoms with Crippen LogP contribution in [0.2, 0.25) is 5.02 Å². The van der Waals surface area contributed by atoms with Gasteiger partial charge >= 0.3 is 0 Å². The van der Waals surface area contributed by atoms with Gasteiger partial charge in [0.25, 0.3) is 5.91 Å². The van der Waals surface area contributed by atoms with Crippen LogP contribution in [0.1, 0.15) is 42.5 Å². The normalized spacial score (nSPS) is 16.6. The summed E-state index contributed by atoms with van der Waals surface area (Å²) in [5.74, 6) is -1.01. The zero-order valence-electron chi connectivity index (χ0n) is 9.81. The minimum absolute atomic E-state index is 0.0726. The standard InChI is InChI=1S/C13H14BrClFNO/c14-9-6-7-10(16)11(12(9)15)13(18)17-8-4-2-1-3-5-8/h6-8H,1-5H2,(H,17,18). The van der Waals surface area contributed by atoms with Crippen molar-refractivity contribution in [3.05, 3.63) is 33.0 Å². The van der Waals surface area contributed by atoms with Crippen LogP contribution < -0.4 is 5.32 Å². The summed E-state index contributed by atoms with van der Waals surface area (Å²) in [6, 6.07) is 2.88. The van der Waals surface area contributed by atoms with E-state index < -0.39 is 11.7 Å². The second-order valence-electron chi connectivity index (χ2n) is 4.53. The first-order valence-electron chi connectivity index (χ1n) is 6.04. The molecule has 1 amide bonds. The summed E-state index contributed by atoms with van der Waals surface area (Å²) in [4.78, 5) is 12.1. The van der Waals surface area contributed by atoms with Crippen molar-refractivity contribution in [2.24, 2.45) is 0 Å². The van der Waals surface area contributed by atoms with E-state index in [1.807, 2.05) is 0 Å². The molecule has 0 unspecified atom stereocenters. The molecule has 0 aromatic heterocycles. The average Bonchev–Trinajstić information content (AvgIpc) is 2.36. The molecule has 2 rings (SSSR count). The van der Waals surface area contributed by atoms with Gasteiger partial charge in [0.1, 0.15) is 5.82 Å². The van der Waals surface area contributed by atoms with Crippen molar-refractivity contribution < 1.29 is 9.18 Å². The van der Waals surface area contributed by atoms with E-state index in [-0.39, 0.29) is 16.6 Å². The Hall–Kier alpha value is -0.610. The zero-order chi connectivity index (χ0) is 13.1. The minimum atomic E-state index is -0.587. The number of hydrogen-bond donors (Lipinski definition) is 1. The van der Waals surface area contributed by atoms with Crippen LogP contribution >= 0.6 is 27.5 Å². The van der Waals surface area contributed by atoms with Gasteiger partial charge in [-0.25, -0.2) is 4.39 Å². The fraction of sp³-hybridized carbons (Fsp3) is 0.462. The van der Waals surface area contributed by atoms with Gasteiger partial charge < -0.3 is 5.32 Å². The number of carbonyl (C=O) groups is 1. The molecule has 1 aliphatic carbocycles. The monoisotopic (exact) mass is 333 g/mol. The van der Waals surface area contributed by atoms with Gasteiger partial charge in [0.2, 0.25) is 0 Å². The van der Waals surface area contributed by atoms with E-state index in [0.29, 0.717) is 4.47 Å². The number of hydrogen-bond acceptors (Lipinski definition) is 1. The molecule has 0 radical (unpaired) electrons. The van der Waals surface area contributed by atoms with Gasteiger partial charge in [-0.05, 0) is 40.9 Å². The van der Waals surface area contributed by atoms with Gasteiger partial charge in [0.15, 0.2) is 0 Å². The number of amides is 1. The molecule has 2 nitrogen and oxygen atoms in total. The Morgan fingerprint density at radius 3 is 2.67 bits per heavy atom. The summed E-state index contributed by atoms with van der Waals surface area (Å²) in [6.07, 6.45) is 5.34. The summed E-state index contributed by atoms with van der Waals surface area (Å²) in [5.41, 5.74) is -0.0726. The number of rotatable bonds is 2. The third-order valence-electron chi connectivity index (χ3n) is 3.21. The van der Waals surface area contributed by atoms with Crippen molar-refractivity contribution in [1.29, 1.82) is 0 Å². The fourth-order valence-corrected chi connectivity index (χ4v) is 2.81. The van der Waals surface area contributed by atoms with Crippen molar-refractivity contribution >= 4 is 33.4 Å². The third kappa shape index (κ3) is 3.04. The molecule has 1 aromatic carbocycles. The van der Waals surface area contributed by atoms with Crippen molar-refractivity contribution in [3.63, 3.8) is 0 Å². The van der Waals surface area contributed by atoms with Crippen LogP contribution in [-0.4, -0.2) is 11.9 Å².